The Labute approximate surface area is 228 Å². The van der Waals surface area contributed by atoms with Crippen molar-refractivity contribution < 1.29 is 9.59 Å². The maximum Gasteiger partial charge on any atom is 0.176 e. The highest BCUT2D eigenvalue weighted by molar-refractivity contribution is 8.02. The van der Waals surface area contributed by atoms with Gasteiger partial charge in [-0.05, 0) is 16.7 Å². The fourth-order valence-corrected chi connectivity index (χ4v) is 6.54. The molecule has 0 N–H and O–H groups in total. The first kappa shape index (κ1) is 25.4. The summed E-state index contributed by atoms with van der Waals surface area (Å²) in [7, 11) is 0. The van der Waals surface area contributed by atoms with Crippen LogP contribution in [0.2, 0.25) is 0 Å². The molecule has 0 bridgehead atoms. The predicted molar refractivity (Wildman–Crippen MR) is 157 cm³/mol. The van der Waals surface area contributed by atoms with Crippen LogP contribution in [0.4, 0.5) is 0 Å². The molecule has 0 heterocycles. The van der Waals surface area contributed by atoms with Crippen LogP contribution in [-0.4, -0.2) is 16.8 Å². The smallest absolute Gasteiger partial charge is 0.176 e. The Morgan fingerprint density at radius 3 is 1.24 bits per heavy atom. The Morgan fingerprint density at radius 2 is 0.842 bits per heavy atom. The SMILES string of the molecule is O=C(CC(SC(c1ccccc1)(c1ccccc1)c1ccccc1)C(=O)c1ccccc1)c1ccccc1. The quantitative estimate of drug-likeness (QED) is 0.140. The first-order chi connectivity index (χ1) is 18.7. The number of hydrogen-bond acceptors (Lipinski definition) is 3. The molecule has 0 saturated carbocycles. The van der Waals surface area contributed by atoms with Gasteiger partial charge in [0.2, 0.25) is 0 Å². The van der Waals surface area contributed by atoms with E-state index >= 15 is 0 Å². The van der Waals surface area contributed by atoms with Crippen LogP contribution in [-0.2, 0) is 4.75 Å². The highest BCUT2D eigenvalue weighted by atomic mass is 32.2. The van der Waals surface area contributed by atoms with E-state index in [1.165, 1.54) is 0 Å². The number of thioether (sulfide) groups is 1. The average Bonchev–Trinajstić information content (AvgIpc) is 3.01. The van der Waals surface area contributed by atoms with Gasteiger partial charge in [-0.15, -0.1) is 11.8 Å². The Kier molecular flexibility index (Phi) is 7.96. The van der Waals surface area contributed by atoms with Gasteiger partial charge >= 0.3 is 0 Å². The fraction of sp³-hybridized carbons (Fsp3) is 0.0857. The van der Waals surface area contributed by atoms with Gasteiger partial charge in [-0.3, -0.25) is 9.59 Å². The molecule has 0 aliphatic carbocycles. The van der Waals surface area contributed by atoms with E-state index in [1.807, 2.05) is 115 Å². The van der Waals surface area contributed by atoms with Crippen LogP contribution in [0, 0.1) is 0 Å². The number of ketones is 2. The number of carbonyl (C=O) groups is 2. The van der Waals surface area contributed by atoms with Crippen molar-refractivity contribution in [2.75, 3.05) is 0 Å². The normalized spacial score (nSPS) is 12.0. The molecule has 3 heteroatoms. The van der Waals surface area contributed by atoms with Crippen molar-refractivity contribution in [3.05, 3.63) is 179 Å². The van der Waals surface area contributed by atoms with Gasteiger partial charge in [0, 0.05) is 17.5 Å². The molecule has 0 aliphatic heterocycles. The van der Waals surface area contributed by atoms with Crippen molar-refractivity contribution in [2.45, 2.75) is 16.4 Å². The number of carbonyl (C=O) groups excluding carboxylic acids is 2. The molecule has 5 aromatic rings. The Hall–Kier alpha value is -4.21. The third kappa shape index (κ3) is 5.39. The monoisotopic (exact) mass is 512 g/mol. The number of Topliss-reactive ketones (excluding diaryl/α,β-unsaturated/α-hetero) is 2. The van der Waals surface area contributed by atoms with E-state index < -0.39 is 10.00 Å². The number of rotatable bonds is 10. The Morgan fingerprint density at radius 1 is 0.500 bits per heavy atom. The standard InChI is InChI=1S/C35H28O2S/c36-32(27-16-6-1-7-17-27)26-33(34(37)28-18-8-2-9-19-28)38-35(29-20-10-3-11-21-29,30-22-12-4-13-23-30)31-24-14-5-15-25-31/h1-25,33H,26H2. The summed E-state index contributed by atoms with van der Waals surface area (Å²) in [6.45, 7) is 0. The van der Waals surface area contributed by atoms with Crippen molar-refractivity contribution in [3.8, 4) is 0 Å². The van der Waals surface area contributed by atoms with E-state index in [9.17, 15) is 9.59 Å². The van der Waals surface area contributed by atoms with E-state index in [0.29, 0.717) is 11.1 Å². The lowest BCUT2D eigenvalue weighted by atomic mass is 9.84. The Bertz CT molecular complexity index is 1370. The molecule has 0 aromatic heterocycles. The zero-order valence-corrected chi connectivity index (χ0v) is 21.8. The second kappa shape index (κ2) is 11.9. The topological polar surface area (TPSA) is 34.1 Å². The molecule has 0 fully saturated rings. The van der Waals surface area contributed by atoms with Crippen molar-refractivity contribution >= 4 is 23.3 Å². The molecule has 5 rings (SSSR count). The van der Waals surface area contributed by atoms with Crippen molar-refractivity contribution in [3.63, 3.8) is 0 Å². The summed E-state index contributed by atoms with van der Waals surface area (Å²) >= 11 is 1.55. The van der Waals surface area contributed by atoms with E-state index in [0.717, 1.165) is 16.7 Å². The van der Waals surface area contributed by atoms with E-state index in [-0.39, 0.29) is 18.0 Å². The summed E-state index contributed by atoms with van der Waals surface area (Å²) in [4.78, 5) is 27.6. The minimum atomic E-state index is -0.712. The third-order valence-corrected chi connectivity index (χ3v) is 8.40. The van der Waals surface area contributed by atoms with Crippen molar-refractivity contribution in [2.24, 2.45) is 0 Å². The molecule has 2 nitrogen and oxygen atoms in total. The lowest BCUT2D eigenvalue weighted by Gasteiger charge is -2.38. The first-order valence-electron chi connectivity index (χ1n) is 12.7. The van der Waals surface area contributed by atoms with E-state index in [2.05, 4.69) is 36.4 Å². The van der Waals surface area contributed by atoms with Gasteiger partial charge in [-0.2, -0.15) is 0 Å². The molecule has 1 atom stereocenters. The molecule has 186 valence electrons. The lowest BCUT2D eigenvalue weighted by molar-refractivity contribution is 0.0923. The first-order valence-corrected chi connectivity index (χ1v) is 13.6. The molecular weight excluding hydrogens is 484 g/mol. The summed E-state index contributed by atoms with van der Waals surface area (Å²) in [6.07, 6.45) is 0.0939. The van der Waals surface area contributed by atoms with Crippen LogP contribution in [0.1, 0.15) is 43.8 Å². The molecular formula is C35H28O2S. The molecule has 0 aliphatic rings. The van der Waals surface area contributed by atoms with E-state index in [1.54, 1.807) is 11.8 Å². The number of hydrogen-bond donors (Lipinski definition) is 0. The van der Waals surface area contributed by atoms with E-state index in [4.69, 9.17) is 0 Å². The molecule has 0 saturated heterocycles. The van der Waals surface area contributed by atoms with Crippen LogP contribution in [0.5, 0.6) is 0 Å². The van der Waals surface area contributed by atoms with Gasteiger partial charge < -0.3 is 0 Å². The zero-order valence-electron chi connectivity index (χ0n) is 20.9. The van der Waals surface area contributed by atoms with Gasteiger partial charge in [0.25, 0.3) is 0 Å². The molecule has 0 radical (unpaired) electrons. The second-order valence-electron chi connectivity index (χ2n) is 9.11. The maximum absolute atomic E-state index is 14.1. The van der Waals surface area contributed by atoms with Gasteiger partial charge in [-0.25, -0.2) is 0 Å². The maximum atomic E-state index is 14.1. The highest BCUT2D eigenvalue weighted by Crippen LogP contribution is 2.51. The average molecular weight is 513 g/mol. The molecule has 1 unspecified atom stereocenters. The van der Waals surface area contributed by atoms with Crippen LogP contribution in [0.15, 0.2) is 152 Å². The van der Waals surface area contributed by atoms with Crippen LogP contribution in [0.25, 0.3) is 0 Å². The van der Waals surface area contributed by atoms with Gasteiger partial charge in [0.15, 0.2) is 11.6 Å². The fourth-order valence-electron chi connectivity index (χ4n) is 4.82. The zero-order chi connectivity index (χ0) is 26.2. The van der Waals surface area contributed by atoms with Crippen LogP contribution in [0.3, 0.4) is 0 Å². The molecule has 5 aromatic carbocycles. The summed E-state index contributed by atoms with van der Waals surface area (Å²) in [5, 5.41) is -0.620. The minimum Gasteiger partial charge on any atom is -0.294 e. The largest absolute Gasteiger partial charge is 0.294 e. The Balaban J connectivity index is 1.68. The highest BCUT2D eigenvalue weighted by Gasteiger charge is 2.42. The molecule has 0 amide bonds. The summed E-state index contributed by atoms with van der Waals surface area (Å²) in [5.74, 6) is -0.0949. The van der Waals surface area contributed by atoms with Crippen LogP contribution >= 0.6 is 11.8 Å². The van der Waals surface area contributed by atoms with Gasteiger partial charge in [0.1, 0.15) is 0 Å². The summed E-state index contributed by atoms with van der Waals surface area (Å²) in [6, 6.07) is 49.3. The molecule has 38 heavy (non-hydrogen) atoms. The number of benzene rings is 5. The van der Waals surface area contributed by atoms with Crippen LogP contribution < -0.4 is 0 Å². The molecule has 0 spiro atoms. The van der Waals surface area contributed by atoms with Gasteiger partial charge in [-0.1, -0.05) is 152 Å². The third-order valence-electron chi connectivity index (χ3n) is 6.68. The minimum absolute atomic E-state index is 0.0459. The van der Waals surface area contributed by atoms with Crippen molar-refractivity contribution in [1.82, 2.24) is 0 Å². The lowest BCUT2D eigenvalue weighted by Crippen LogP contribution is -2.33. The summed E-state index contributed by atoms with van der Waals surface area (Å²) in [5.41, 5.74) is 4.39. The van der Waals surface area contributed by atoms with Gasteiger partial charge in [0.05, 0.1) is 10.00 Å². The predicted octanol–water partition coefficient (Wildman–Crippen LogP) is 8.24. The summed E-state index contributed by atoms with van der Waals surface area (Å²) < 4.78 is -0.712. The van der Waals surface area contributed by atoms with Crippen molar-refractivity contribution in [1.29, 1.82) is 0 Å². The second-order valence-corrected chi connectivity index (χ2v) is 10.5.